The van der Waals surface area contributed by atoms with E-state index in [0.29, 0.717) is 5.92 Å². The van der Waals surface area contributed by atoms with Crippen molar-refractivity contribution >= 4 is 16.8 Å². The van der Waals surface area contributed by atoms with Gasteiger partial charge in [-0.05, 0) is 35.9 Å². The first-order valence-corrected chi connectivity index (χ1v) is 5.81. The van der Waals surface area contributed by atoms with E-state index in [1.807, 2.05) is 6.08 Å². The number of hydrogen-bond donors (Lipinski definition) is 0. The van der Waals surface area contributed by atoms with Crippen molar-refractivity contribution in [2.24, 2.45) is 11.8 Å². The lowest BCUT2D eigenvalue weighted by molar-refractivity contribution is -0.107. The van der Waals surface area contributed by atoms with Crippen molar-refractivity contribution in [2.75, 3.05) is 0 Å². The lowest BCUT2D eigenvalue weighted by Gasteiger charge is -2.13. The summed E-state index contributed by atoms with van der Waals surface area (Å²) in [6.07, 6.45) is 8.33. The molecule has 0 aliphatic rings. The Hall–Kier alpha value is -0.300. The van der Waals surface area contributed by atoms with Crippen LogP contribution in [0.15, 0.2) is 12.2 Å². The van der Waals surface area contributed by atoms with Crippen LogP contribution in [0.2, 0.25) is 0 Å². The van der Waals surface area contributed by atoms with Crippen LogP contribution in [0.25, 0.3) is 0 Å². The predicted molar refractivity (Wildman–Crippen MR) is 62.5 cm³/mol. The lowest BCUT2D eigenvalue weighted by atomic mass is 9.93. The van der Waals surface area contributed by atoms with Crippen LogP contribution in [0.4, 0.5) is 0 Å². The monoisotopic (exact) mass is 216 g/mol. The number of halogens is 1. The molecule has 0 radical (unpaired) electrons. The van der Waals surface area contributed by atoms with Gasteiger partial charge in [-0.1, -0.05) is 46.1 Å². The molecular formula is C12H21ClO. The van der Waals surface area contributed by atoms with Crippen molar-refractivity contribution in [3.8, 4) is 0 Å². The van der Waals surface area contributed by atoms with Gasteiger partial charge in [-0.3, -0.25) is 4.79 Å². The largest absolute Gasteiger partial charge is 0.276 e. The first-order valence-electron chi connectivity index (χ1n) is 5.44. The summed E-state index contributed by atoms with van der Waals surface area (Å²) < 4.78 is 0. The van der Waals surface area contributed by atoms with Crippen LogP contribution in [0.3, 0.4) is 0 Å². The zero-order valence-electron chi connectivity index (χ0n) is 9.42. The number of unbranched alkanes of at least 4 members (excludes halogenated alkanes) is 1. The van der Waals surface area contributed by atoms with Crippen molar-refractivity contribution in [1.29, 1.82) is 0 Å². The Bertz CT molecular complexity index is 187. The van der Waals surface area contributed by atoms with Gasteiger partial charge in [0, 0.05) is 0 Å². The minimum absolute atomic E-state index is 0.377. The average Bonchev–Trinajstić information content (AvgIpc) is 2.11. The van der Waals surface area contributed by atoms with Crippen LogP contribution in [-0.4, -0.2) is 5.24 Å². The molecular weight excluding hydrogens is 196 g/mol. The molecule has 2 unspecified atom stereocenters. The quantitative estimate of drug-likeness (QED) is 0.461. The van der Waals surface area contributed by atoms with Gasteiger partial charge < -0.3 is 0 Å². The molecule has 0 aliphatic heterocycles. The van der Waals surface area contributed by atoms with Crippen molar-refractivity contribution in [3.05, 3.63) is 12.2 Å². The van der Waals surface area contributed by atoms with Gasteiger partial charge >= 0.3 is 0 Å². The molecule has 2 heteroatoms. The van der Waals surface area contributed by atoms with Crippen LogP contribution < -0.4 is 0 Å². The van der Waals surface area contributed by atoms with Crippen molar-refractivity contribution in [3.63, 3.8) is 0 Å². The zero-order chi connectivity index (χ0) is 11.0. The molecule has 0 saturated heterocycles. The van der Waals surface area contributed by atoms with Crippen LogP contribution >= 0.6 is 11.6 Å². The summed E-state index contributed by atoms with van der Waals surface area (Å²) >= 11 is 5.22. The van der Waals surface area contributed by atoms with Gasteiger partial charge in [-0.15, -0.1) is 0 Å². The minimum Gasteiger partial charge on any atom is -0.276 e. The third kappa shape index (κ3) is 8.31. The highest BCUT2D eigenvalue weighted by Gasteiger charge is 2.05. The summed E-state index contributed by atoms with van der Waals surface area (Å²) in [7, 11) is 0. The molecule has 0 amide bonds. The Kier molecular flexibility index (Phi) is 7.87. The topological polar surface area (TPSA) is 17.1 Å². The highest BCUT2D eigenvalue weighted by Crippen LogP contribution is 2.18. The fourth-order valence-electron chi connectivity index (χ4n) is 1.62. The molecule has 0 rings (SSSR count). The second-order valence-electron chi connectivity index (χ2n) is 4.12. The number of carbonyl (C=O) groups excluding carboxylic acids is 1. The van der Waals surface area contributed by atoms with Gasteiger partial charge in [0.2, 0.25) is 5.24 Å². The maximum atomic E-state index is 10.5. The average molecular weight is 217 g/mol. The molecule has 0 aliphatic carbocycles. The third-order valence-corrected chi connectivity index (χ3v) is 2.51. The lowest BCUT2D eigenvalue weighted by Crippen LogP contribution is -2.01. The van der Waals surface area contributed by atoms with E-state index < -0.39 is 0 Å². The van der Waals surface area contributed by atoms with Gasteiger partial charge in [0.05, 0.1) is 0 Å². The van der Waals surface area contributed by atoms with E-state index in [9.17, 15) is 4.79 Å². The Morgan fingerprint density at radius 2 is 2.07 bits per heavy atom. The maximum Gasteiger partial charge on any atom is 0.244 e. The normalized spacial score (nSPS) is 15.7. The summed E-state index contributed by atoms with van der Waals surface area (Å²) in [4.78, 5) is 10.5. The maximum absolute atomic E-state index is 10.5. The van der Waals surface area contributed by atoms with Crippen molar-refractivity contribution in [1.82, 2.24) is 0 Å². The Labute approximate surface area is 92.5 Å². The van der Waals surface area contributed by atoms with E-state index in [4.69, 9.17) is 11.6 Å². The molecule has 1 nitrogen and oxygen atoms in total. The summed E-state index contributed by atoms with van der Waals surface area (Å²) in [5.41, 5.74) is 0. The number of hydrogen-bond acceptors (Lipinski definition) is 1. The van der Waals surface area contributed by atoms with E-state index >= 15 is 0 Å². The van der Waals surface area contributed by atoms with E-state index in [1.165, 1.54) is 25.3 Å². The fourth-order valence-corrected chi connectivity index (χ4v) is 1.70. The molecule has 0 saturated carbocycles. The minimum atomic E-state index is -0.377. The Balaban J connectivity index is 3.70. The molecule has 0 spiro atoms. The molecule has 0 heterocycles. The second kappa shape index (κ2) is 8.05. The summed E-state index contributed by atoms with van der Waals surface area (Å²) in [5, 5.41) is -0.377. The first-order chi connectivity index (χ1) is 6.56. The van der Waals surface area contributed by atoms with Gasteiger partial charge in [-0.2, -0.15) is 0 Å². The number of carbonyl (C=O) groups is 1. The van der Waals surface area contributed by atoms with Gasteiger partial charge in [0.25, 0.3) is 0 Å². The predicted octanol–water partition coefficient (Wildman–Crippen LogP) is 4.16. The summed E-state index contributed by atoms with van der Waals surface area (Å²) in [6, 6.07) is 0. The van der Waals surface area contributed by atoms with Crippen molar-refractivity contribution in [2.45, 2.75) is 46.5 Å². The molecule has 0 aromatic rings. The van der Waals surface area contributed by atoms with Crippen LogP contribution in [-0.2, 0) is 4.79 Å². The molecule has 0 aromatic heterocycles. The molecule has 0 bridgehead atoms. The summed E-state index contributed by atoms with van der Waals surface area (Å²) in [6.45, 7) is 6.60. The highest BCUT2D eigenvalue weighted by atomic mass is 35.5. The molecule has 0 aromatic carbocycles. The zero-order valence-corrected chi connectivity index (χ0v) is 10.2. The first kappa shape index (κ1) is 13.7. The third-order valence-electron chi connectivity index (χ3n) is 2.38. The molecule has 0 N–H and O–H groups in total. The van der Waals surface area contributed by atoms with E-state index in [0.717, 1.165) is 12.3 Å². The Morgan fingerprint density at radius 3 is 2.57 bits per heavy atom. The van der Waals surface area contributed by atoms with Crippen LogP contribution in [0.5, 0.6) is 0 Å². The summed E-state index contributed by atoms with van der Waals surface area (Å²) in [5.74, 6) is 1.18. The Morgan fingerprint density at radius 1 is 1.43 bits per heavy atom. The SMILES string of the molecule is CCCCC(C)CC(C)/C=C/C(=O)Cl. The van der Waals surface area contributed by atoms with Crippen LogP contribution in [0, 0.1) is 11.8 Å². The molecule has 0 fully saturated rings. The number of rotatable bonds is 7. The number of allylic oxidation sites excluding steroid dienone is 2. The fraction of sp³-hybridized carbons (Fsp3) is 0.750. The van der Waals surface area contributed by atoms with Gasteiger partial charge in [0.15, 0.2) is 0 Å². The van der Waals surface area contributed by atoms with E-state index in [1.54, 1.807) is 0 Å². The van der Waals surface area contributed by atoms with E-state index in [-0.39, 0.29) is 5.24 Å². The smallest absolute Gasteiger partial charge is 0.244 e. The van der Waals surface area contributed by atoms with Gasteiger partial charge in [0.1, 0.15) is 0 Å². The van der Waals surface area contributed by atoms with Crippen LogP contribution in [0.1, 0.15) is 46.5 Å². The van der Waals surface area contributed by atoms with Crippen molar-refractivity contribution < 1.29 is 4.79 Å². The standard InChI is InChI=1S/C12H21ClO/c1-4-5-6-10(2)9-11(3)7-8-12(13)14/h7-8,10-11H,4-6,9H2,1-3H3/b8-7+. The molecule has 14 heavy (non-hydrogen) atoms. The molecule has 82 valence electrons. The highest BCUT2D eigenvalue weighted by molar-refractivity contribution is 6.66. The second-order valence-corrected chi connectivity index (χ2v) is 4.50. The van der Waals surface area contributed by atoms with Gasteiger partial charge in [-0.25, -0.2) is 0 Å². The molecule has 2 atom stereocenters. The van der Waals surface area contributed by atoms with E-state index in [2.05, 4.69) is 20.8 Å².